The smallest absolute Gasteiger partial charge is 0.342 e. The summed E-state index contributed by atoms with van der Waals surface area (Å²) in [6.45, 7) is 3.94. The minimum absolute atomic E-state index is 0.159. The lowest BCUT2D eigenvalue weighted by atomic mass is 10.2. The van der Waals surface area contributed by atoms with Crippen molar-refractivity contribution in [2.45, 2.75) is 20.5 Å². The molecule has 112 valence electrons. The van der Waals surface area contributed by atoms with Crippen molar-refractivity contribution in [3.8, 4) is 10.6 Å². The lowest BCUT2D eigenvalue weighted by Crippen LogP contribution is -2.05. The van der Waals surface area contributed by atoms with E-state index in [1.165, 1.54) is 23.2 Å². The number of nitrogens with zero attached hydrogens (tertiary/aromatic N) is 1. The minimum atomic E-state index is -0.392. The average Bonchev–Trinajstić information content (AvgIpc) is 3.14. The first-order chi connectivity index (χ1) is 10.6. The van der Waals surface area contributed by atoms with Gasteiger partial charge in [0.05, 0.1) is 12.0 Å². The number of carbonyl (C=O) groups excluding carboxylic acids is 1. The summed E-state index contributed by atoms with van der Waals surface area (Å²) < 4.78 is 10.4. The molecule has 0 spiro atoms. The molecule has 0 atom stereocenters. The molecular weight excluding hydrogens is 298 g/mol. The van der Waals surface area contributed by atoms with Gasteiger partial charge in [0.1, 0.15) is 22.9 Å². The number of hydrogen-bond donors (Lipinski definition) is 0. The molecule has 1 aromatic carbocycles. The second kappa shape index (κ2) is 6.15. The van der Waals surface area contributed by atoms with E-state index < -0.39 is 5.97 Å². The molecule has 0 amide bonds. The second-order valence-corrected chi connectivity index (χ2v) is 5.83. The Balaban J connectivity index is 1.66. The highest BCUT2D eigenvalue weighted by Gasteiger charge is 2.14. The van der Waals surface area contributed by atoms with Gasteiger partial charge in [-0.2, -0.15) is 0 Å². The Morgan fingerprint density at radius 3 is 2.68 bits per heavy atom. The van der Waals surface area contributed by atoms with Crippen LogP contribution in [0.25, 0.3) is 10.6 Å². The Bertz CT molecular complexity index is 786. The first-order valence-corrected chi connectivity index (χ1v) is 7.74. The van der Waals surface area contributed by atoms with Gasteiger partial charge in [0.25, 0.3) is 0 Å². The predicted octanol–water partition coefficient (Wildman–Crippen LogP) is 4.38. The molecule has 5 heteroatoms. The van der Waals surface area contributed by atoms with Gasteiger partial charge in [-0.1, -0.05) is 29.8 Å². The van der Waals surface area contributed by atoms with Crippen LogP contribution in [0.5, 0.6) is 0 Å². The Morgan fingerprint density at radius 1 is 1.23 bits per heavy atom. The molecule has 0 aliphatic heterocycles. The molecule has 0 fully saturated rings. The van der Waals surface area contributed by atoms with Crippen molar-refractivity contribution < 1.29 is 13.9 Å². The maximum absolute atomic E-state index is 11.9. The van der Waals surface area contributed by atoms with Crippen molar-refractivity contribution in [3.63, 3.8) is 0 Å². The van der Waals surface area contributed by atoms with Gasteiger partial charge in [-0.25, -0.2) is 9.78 Å². The number of ether oxygens (including phenoxy) is 1. The summed E-state index contributed by atoms with van der Waals surface area (Å²) in [6, 6.07) is 9.80. The van der Waals surface area contributed by atoms with E-state index in [4.69, 9.17) is 9.15 Å². The highest BCUT2D eigenvalue weighted by molar-refractivity contribution is 7.13. The number of esters is 1. The topological polar surface area (TPSA) is 52.3 Å². The first kappa shape index (κ1) is 14.5. The molecule has 0 radical (unpaired) electrons. The summed E-state index contributed by atoms with van der Waals surface area (Å²) in [5.74, 6) is 0.166. The fourth-order valence-corrected chi connectivity index (χ4v) is 2.83. The lowest BCUT2D eigenvalue weighted by molar-refractivity contribution is 0.0466. The van der Waals surface area contributed by atoms with Gasteiger partial charge in [0, 0.05) is 10.9 Å². The van der Waals surface area contributed by atoms with Crippen LogP contribution in [-0.2, 0) is 11.3 Å². The molecule has 22 heavy (non-hydrogen) atoms. The number of furan rings is 1. The summed E-state index contributed by atoms with van der Waals surface area (Å²) in [5.41, 5.74) is 3.48. The predicted molar refractivity (Wildman–Crippen MR) is 84.9 cm³/mol. The number of thiazole rings is 1. The summed E-state index contributed by atoms with van der Waals surface area (Å²) in [6.07, 6.45) is 1.48. The molecule has 0 N–H and O–H groups in total. The summed E-state index contributed by atoms with van der Waals surface area (Å²) >= 11 is 1.54. The summed E-state index contributed by atoms with van der Waals surface area (Å²) in [7, 11) is 0. The minimum Gasteiger partial charge on any atom is -0.469 e. The van der Waals surface area contributed by atoms with Crippen LogP contribution in [0.3, 0.4) is 0 Å². The number of aryl methyl sites for hydroxylation is 2. The Kier molecular flexibility index (Phi) is 4.06. The van der Waals surface area contributed by atoms with E-state index in [0.29, 0.717) is 11.3 Å². The molecule has 0 bridgehead atoms. The lowest BCUT2D eigenvalue weighted by Gasteiger charge is -2.01. The van der Waals surface area contributed by atoms with Crippen molar-refractivity contribution in [1.29, 1.82) is 0 Å². The Hall–Kier alpha value is -2.40. The van der Waals surface area contributed by atoms with Crippen LogP contribution in [0.4, 0.5) is 0 Å². The fourth-order valence-electron chi connectivity index (χ4n) is 2.02. The zero-order valence-corrected chi connectivity index (χ0v) is 13.1. The van der Waals surface area contributed by atoms with Gasteiger partial charge in [-0.3, -0.25) is 0 Å². The largest absolute Gasteiger partial charge is 0.469 e. The molecule has 2 aromatic heterocycles. The number of aromatic nitrogens is 1. The van der Waals surface area contributed by atoms with E-state index in [-0.39, 0.29) is 6.61 Å². The molecule has 0 saturated carbocycles. The van der Waals surface area contributed by atoms with Crippen LogP contribution < -0.4 is 0 Å². The van der Waals surface area contributed by atoms with Crippen LogP contribution in [-0.4, -0.2) is 11.0 Å². The molecular formula is C17H15NO3S. The third-order valence-corrected chi connectivity index (χ3v) is 4.22. The average molecular weight is 313 g/mol. The highest BCUT2D eigenvalue weighted by atomic mass is 32.1. The first-order valence-electron chi connectivity index (χ1n) is 6.86. The van der Waals surface area contributed by atoms with E-state index in [0.717, 1.165) is 16.3 Å². The van der Waals surface area contributed by atoms with Crippen LogP contribution in [0.1, 0.15) is 27.4 Å². The molecule has 0 aliphatic rings. The zero-order valence-electron chi connectivity index (χ0n) is 12.3. The van der Waals surface area contributed by atoms with E-state index >= 15 is 0 Å². The molecule has 3 rings (SSSR count). The van der Waals surface area contributed by atoms with Crippen LogP contribution in [0.2, 0.25) is 0 Å². The normalized spacial score (nSPS) is 10.6. The fraction of sp³-hybridized carbons (Fsp3) is 0.176. The Morgan fingerprint density at radius 2 is 2.00 bits per heavy atom. The van der Waals surface area contributed by atoms with Crippen molar-refractivity contribution >= 4 is 17.3 Å². The third kappa shape index (κ3) is 3.09. The second-order valence-electron chi connectivity index (χ2n) is 4.98. The van der Waals surface area contributed by atoms with Gasteiger partial charge in [0.2, 0.25) is 0 Å². The summed E-state index contributed by atoms with van der Waals surface area (Å²) in [4.78, 5) is 16.4. The molecule has 4 nitrogen and oxygen atoms in total. The highest BCUT2D eigenvalue weighted by Crippen LogP contribution is 2.24. The quantitative estimate of drug-likeness (QED) is 0.671. The Labute approximate surface area is 132 Å². The number of rotatable bonds is 4. The van der Waals surface area contributed by atoms with Crippen molar-refractivity contribution in [2.24, 2.45) is 0 Å². The molecule has 0 saturated heterocycles. The van der Waals surface area contributed by atoms with Gasteiger partial charge in [0.15, 0.2) is 0 Å². The van der Waals surface area contributed by atoms with Gasteiger partial charge < -0.3 is 9.15 Å². The number of benzene rings is 1. The van der Waals surface area contributed by atoms with E-state index in [1.54, 1.807) is 13.0 Å². The number of carbonyl (C=O) groups is 1. The van der Waals surface area contributed by atoms with Crippen molar-refractivity contribution in [1.82, 2.24) is 4.98 Å². The van der Waals surface area contributed by atoms with Crippen molar-refractivity contribution in [3.05, 3.63) is 64.6 Å². The molecule has 0 unspecified atom stereocenters. The SMILES string of the molecule is Cc1ccc(-c2nc(COC(=O)c3ccoc3C)cs2)cc1. The van der Waals surface area contributed by atoms with Crippen molar-refractivity contribution in [2.75, 3.05) is 0 Å². The van der Waals surface area contributed by atoms with Crippen LogP contribution in [0.15, 0.2) is 46.4 Å². The molecule has 3 aromatic rings. The van der Waals surface area contributed by atoms with E-state index in [1.807, 2.05) is 24.4 Å². The van der Waals surface area contributed by atoms with E-state index in [2.05, 4.69) is 17.1 Å². The zero-order chi connectivity index (χ0) is 15.5. The maximum Gasteiger partial charge on any atom is 0.342 e. The maximum atomic E-state index is 11.9. The number of hydrogen-bond acceptors (Lipinski definition) is 5. The van der Waals surface area contributed by atoms with Gasteiger partial charge in [-0.15, -0.1) is 11.3 Å². The van der Waals surface area contributed by atoms with Gasteiger partial charge in [-0.05, 0) is 19.9 Å². The van der Waals surface area contributed by atoms with Crippen LogP contribution in [0, 0.1) is 13.8 Å². The molecule has 2 heterocycles. The monoisotopic (exact) mass is 313 g/mol. The molecule has 0 aliphatic carbocycles. The van der Waals surface area contributed by atoms with Gasteiger partial charge >= 0.3 is 5.97 Å². The summed E-state index contributed by atoms with van der Waals surface area (Å²) in [5, 5.41) is 2.83. The van der Waals surface area contributed by atoms with Crippen LogP contribution >= 0.6 is 11.3 Å². The third-order valence-electron chi connectivity index (χ3n) is 3.28. The van der Waals surface area contributed by atoms with E-state index in [9.17, 15) is 4.79 Å². The standard InChI is InChI=1S/C17H15NO3S/c1-11-3-5-13(6-4-11)16-18-14(10-22-16)9-21-17(19)15-7-8-20-12(15)2/h3-8,10H,9H2,1-2H3.